The zero-order chi connectivity index (χ0) is 15.2. The minimum atomic E-state index is -0.568. The molecule has 1 aliphatic heterocycles. The van der Waals surface area contributed by atoms with Crippen LogP contribution in [0.2, 0.25) is 0 Å². The number of esters is 2. The molecule has 5 nitrogen and oxygen atoms in total. The van der Waals surface area contributed by atoms with Crippen LogP contribution in [0.1, 0.15) is 53.4 Å². The zero-order valence-corrected chi connectivity index (χ0v) is 13.0. The number of ether oxygens (including phenoxy) is 3. The highest BCUT2D eigenvalue weighted by Gasteiger charge is 2.35. The first-order valence-corrected chi connectivity index (χ1v) is 7.32. The van der Waals surface area contributed by atoms with Gasteiger partial charge in [-0.3, -0.25) is 4.79 Å². The Kier molecular flexibility index (Phi) is 5.99. The van der Waals surface area contributed by atoms with Crippen LogP contribution in [0.4, 0.5) is 0 Å². The van der Waals surface area contributed by atoms with E-state index in [2.05, 4.69) is 0 Å². The van der Waals surface area contributed by atoms with Gasteiger partial charge in [-0.25, -0.2) is 4.79 Å². The summed E-state index contributed by atoms with van der Waals surface area (Å²) in [5.41, 5.74) is -1.02. The summed E-state index contributed by atoms with van der Waals surface area (Å²) in [6.07, 6.45) is 2.81. The first kappa shape index (κ1) is 17.0. The van der Waals surface area contributed by atoms with E-state index in [0.717, 1.165) is 6.42 Å². The minimum absolute atomic E-state index is 0.315. The fraction of sp³-hybridized carbons (Fsp3) is 0.867. The maximum absolute atomic E-state index is 11.9. The van der Waals surface area contributed by atoms with Gasteiger partial charge in [0.05, 0.1) is 18.6 Å². The third kappa shape index (κ3) is 4.47. The Balaban J connectivity index is 2.45. The predicted octanol–water partition coefficient (Wildman–Crippen LogP) is 2.47. The molecule has 5 heteroatoms. The van der Waals surface area contributed by atoms with Crippen LogP contribution in [0, 0.1) is 5.41 Å². The minimum Gasteiger partial charge on any atom is -0.456 e. The molecule has 1 aliphatic rings. The summed E-state index contributed by atoms with van der Waals surface area (Å²) in [5.74, 6) is -0.844. The van der Waals surface area contributed by atoms with E-state index >= 15 is 0 Å². The van der Waals surface area contributed by atoms with Crippen molar-refractivity contribution in [1.29, 1.82) is 0 Å². The van der Waals surface area contributed by atoms with Crippen LogP contribution < -0.4 is 0 Å². The van der Waals surface area contributed by atoms with E-state index < -0.39 is 17.0 Å². The summed E-state index contributed by atoms with van der Waals surface area (Å²) < 4.78 is 15.9. The van der Waals surface area contributed by atoms with E-state index in [0.29, 0.717) is 32.5 Å². The molecular formula is C15H26O5. The largest absolute Gasteiger partial charge is 0.456 e. The van der Waals surface area contributed by atoms with Crippen molar-refractivity contribution in [3.63, 3.8) is 0 Å². The first-order chi connectivity index (χ1) is 9.35. The van der Waals surface area contributed by atoms with E-state index in [4.69, 9.17) is 14.2 Å². The molecule has 1 rings (SSSR count). The standard InChI is InChI=1S/C15H26O5/c1-5-14(3,4)13(17)19-11-12(16)20-15(6-2)7-9-18-10-8-15/h5-11H2,1-4H3. The molecule has 0 atom stereocenters. The molecule has 0 bridgehead atoms. The molecule has 0 aromatic heterocycles. The Hall–Kier alpha value is -1.10. The normalized spacial score (nSPS) is 18.4. The van der Waals surface area contributed by atoms with Crippen LogP contribution in [-0.2, 0) is 23.8 Å². The van der Waals surface area contributed by atoms with Crippen LogP contribution in [0.15, 0.2) is 0 Å². The van der Waals surface area contributed by atoms with Gasteiger partial charge < -0.3 is 14.2 Å². The maximum atomic E-state index is 11.9. The van der Waals surface area contributed by atoms with Gasteiger partial charge in [-0.05, 0) is 26.7 Å². The summed E-state index contributed by atoms with van der Waals surface area (Å²) in [6.45, 7) is 8.39. The Morgan fingerprint density at radius 1 is 1.20 bits per heavy atom. The maximum Gasteiger partial charge on any atom is 0.344 e. The van der Waals surface area contributed by atoms with E-state index in [9.17, 15) is 9.59 Å². The second-order valence-corrected chi connectivity index (χ2v) is 5.94. The van der Waals surface area contributed by atoms with Gasteiger partial charge in [0, 0.05) is 12.8 Å². The molecule has 0 aliphatic carbocycles. The van der Waals surface area contributed by atoms with Crippen molar-refractivity contribution in [2.75, 3.05) is 19.8 Å². The van der Waals surface area contributed by atoms with Gasteiger partial charge >= 0.3 is 11.9 Å². The molecule has 0 N–H and O–H groups in total. The Labute approximate surface area is 121 Å². The van der Waals surface area contributed by atoms with Crippen molar-refractivity contribution >= 4 is 11.9 Å². The molecule has 20 heavy (non-hydrogen) atoms. The van der Waals surface area contributed by atoms with E-state index in [1.165, 1.54) is 0 Å². The molecule has 0 spiro atoms. The monoisotopic (exact) mass is 286 g/mol. The average molecular weight is 286 g/mol. The first-order valence-electron chi connectivity index (χ1n) is 7.32. The van der Waals surface area contributed by atoms with E-state index in [-0.39, 0.29) is 12.6 Å². The number of carbonyl (C=O) groups excluding carboxylic acids is 2. The second kappa shape index (κ2) is 7.07. The van der Waals surface area contributed by atoms with Crippen molar-refractivity contribution < 1.29 is 23.8 Å². The molecule has 0 radical (unpaired) electrons. The number of rotatable bonds is 6. The van der Waals surface area contributed by atoms with E-state index in [1.54, 1.807) is 13.8 Å². The fourth-order valence-corrected chi connectivity index (χ4v) is 2.01. The van der Waals surface area contributed by atoms with Crippen LogP contribution >= 0.6 is 0 Å². The smallest absolute Gasteiger partial charge is 0.344 e. The fourth-order valence-electron chi connectivity index (χ4n) is 2.01. The lowest BCUT2D eigenvalue weighted by Crippen LogP contribution is -2.41. The highest BCUT2D eigenvalue weighted by atomic mass is 16.6. The van der Waals surface area contributed by atoms with Crippen LogP contribution in [0.25, 0.3) is 0 Å². The molecule has 0 amide bonds. The Bertz CT molecular complexity index is 342. The summed E-state index contributed by atoms with van der Waals surface area (Å²) in [4.78, 5) is 23.6. The van der Waals surface area contributed by atoms with Gasteiger partial charge in [0.1, 0.15) is 5.60 Å². The molecule has 1 fully saturated rings. The van der Waals surface area contributed by atoms with Crippen LogP contribution in [-0.4, -0.2) is 37.4 Å². The van der Waals surface area contributed by atoms with Crippen molar-refractivity contribution in [3.8, 4) is 0 Å². The number of hydrogen-bond acceptors (Lipinski definition) is 5. The molecule has 0 aromatic rings. The highest BCUT2D eigenvalue weighted by Crippen LogP contribution is 2.29. The van der Waals surface area contributed by atoms with Crippen molar-refractivity contribution in [1.82, 2.24) is 0 Å². The van der Waals surface area contributed by atoms with Gasteiger partial charge in [0.2, 0.25) is 0 Å². The quantitative estimate of drug-likeness (QED) is 0.702. The lowest BCUT2D eigenvalue weighted by molar-refractivity contribution is -0.180. The summed E-state index contributed by atoms with van der Waals surface area (Å²) in [5, 5.41) is 0. The molecule has 0 saturated carbocycles. The molecule has 0 aromatic carbocycles. The molecular weight excluding hydrogens is 260 g/mol. The van der Waals surface area contributed by atoms with Gasteiger partial charge in [0.15, 0.2) is 6.61 Å². The molecule has 0 unspecified atom stereocenters. The molecule has 116 valence electrons. The SMILES string of the molecule is CCC1(OC(=O)COC(=O)C(C)(C)CC)CCOCC1. The van der Waals surface area contributed by atoms with Gasteiger partial charge in [0.25, 0.3) is 0 Å². The van der Waals surface area contributed by atoms with Gasteiger partial charge in [-0.15, -0.1) is 0 Å². The van der Waals surface area contributed by atoms with Gasteiger partial charge in [-0.2, -0.15) is 0 Å². The molecule has 1 saturated heterocycles. The van der Waals surface area contributed by atoms with Crippen LogP contribution in [0.5, 0.6) is 0 Å². The van der Waals surface area contributed by atoms with Crippen molar-refractivity contribution in [3.05, 3.63) is 0 Å². The molecule has 1 heterocycles. The third-order valence-corrected chi connectivity index (χ3v) is 4.14. The number of hydrogen-bond donors (Lipinski definition) is 0. The third-order valence-electron chi connectivity index (χ3n) is 4.14. The lowest BCUT2D eigenvalue weighted by atomic mass is 9.91. The highest BCUT2D eigenvalue weighted by molar-refractivity contribution is 5.79. The van der Waals surface area contributed by atoms with Gasteiger partial charge in [-0.1, -0.05) is 13.8 Å². The summed E-state index contributed by atoms with van der Waals surface area (Å²) in [7, 11) is 0. The topological polar surface area (TPSA) is 61.8 Å². The zero-order valence-electron chi connectivity index (χ0n) is 13.0. The lowest BCUT2D eigenvalue weighted by Gasteiger charge is -2.35. The summed E-state index contributed by atoms with van der Waals surface area (Å²) >= 11 is 0. The summed E-state index contributed by atoms with van der Waals surface area (Å²) in [6, 6.07) is 0. The Morgan fingerprint density at radius 2 is 1.80 bits per heavy atom. The second-order valence-electron chi connectivity index (χ2n) is 5.94. The predicted molar refractivity (Wildman–Crippen MR) is 74.2 cm³/mol. The van der Waals surface area contributed by atoms with Crippen molar-refractivity contribution in [2.24, 2.45) is 5.41 Å². The van der Waals surface area contributed by atoms with Crippen LogP contribution in [0.3, 0.4) is 0 Å². The van der Waals surface area contributed by atoms with E-state index in [1.807, 2.05) is 13.8 Å². The Morgan fingerprint density at radius 3 is 2.30 bits per heavy atom. The van der Waals surface area contributed by atoms with Crippen molar-refractivity contribution in [2.45, 2.75) is 59.0 Å². The number of carbonyl (C=O) groups is 2. The average Bonchev–Trinajstić information content (AvgIpc) is 2.45.